The summed E-state index contributed by atoms with van der Waals surface area (Å²) >= 11 is 1.71. The maximum Gasteiger partial charge on any atom is 0.132 e. The van der Waals surface area contributed by atoms with Crippen molar-refractivity contribution in [2.75, 3.05) is 24.6 Å². The summed E-state index contributed by atoms with van der Waals surface area (Å²) in [5.41, 5.74) is 2.37. The van der Waals surface area contributed by atoms with Crippen molar-refractivity contribution in [3.05, 3.63) is 40.0 Å². The van der Waals surface area contributed by atoms with Gasteiger partial charge >= 0.3 is 0 Å². The molecule has 3 rings (SSSR count). The first-order valence-electron chi connectivity index (χ1n) is 6.99. The molecular weight excluding hydrogens is 270 g/mol. The van der Waals surface area contributed by atoms with Gasteiger partial charge in [0.1, 0.15) is 17.7 Å². The summed E-state index contributed by atoms with van der Waals surface area (Å²) < 4.78 is 5.88. The van der Waals surface area contributed by atoms with Crippen LogP contribution in [-0.2, 0) is 11.2 Å². The zero-order valence-corrected chi connectivity index (χ0v) is 12.7. The molecule has 0 aliphatic carbocycles. The zero-order chi connectivity index (χ0) is 13.9. The summed E-state index contributed by atoms with van der Waals surface area (Å²) in [5.74, 6) is 1.87. The number of ether oxygens (including phenoxy) is 1. The van der Waals surface area contributed by atoms with Crippen molar-refractivity contribution in [1.29, 1.82) is 0 Å². The van der Waals surface area contributed by atoms with Gasteiger partial charge in [-0.15, -0.1) is 0 Å². The molecule has 1 unspecified atom stereocenters. The van der Waals surface area contributed by atoms with E-state index in [4.69, 9.17) is 4.74 Å². The highest BCUT2D eigenvalue weighted by atomic mass is 32.1. The van der Waals surface area contributed by atoms with Gasteiger partial charge in [-0.25, -0.2) is 9.97 Å². The van der Waals surface area contributed by atoms with Crippen molar-refractivity contribution in [3.63, 3.8) is 0 Å². The predicted octanol–water partition coefficient (Wildman–Crippen LogP) is 2.99. The van der Waals surface area contributed by atoms with Crippen LogP contribution in [0.3, 0.4) is 0 Å². The Morgan fingerprint density at radius 1 is 1.45 bits per heavy atom. The average Bonchev–Trinajstić information content (AvgIpc) is 3.01. The number of rotatable bonds is 3. The highest BCUT2D eigenvalue weighted by molar-refractivity contribution is 7.07. The Morgan fingerprint density at radius 3 is 3.10 bits per heavy atom. The molecule has 1 aliphatic heterocycles. The molecule has 3 heterocycles. The molecule has 1 saturated heterocycles. The van der Waals surface area contributed by atoms with E-state index in [1.165, 1.54) is 5.56 Å². The van der Waals surface area contributed by atoms with Crippen LogP contribution in [0.25, 0.3) is 0 Å². The third-order valence-electron chi connectivity index (χ3n) is 3.55. The van der Waals surface area contributed by atoms with Crippen LogP contribution in [0.15, 0.2) is 22.9 Å². The number of aryl methyl sites for hydroxylation is 2. The lowest BCUT2D eigenvalue weighted by Crippen LogP contribution is -2.39. The van der Waals surface area contributed by atoms with E-state index >= 15 is 0 Å². The van der Waals surface area contributed by atoms with Gasteiger partial charge in [-0.05, 0) is 35.7 Å². The summed E-state index contributed by atoms with van der Waals surface area (Å²) in [5, 5.41) is 4.26. The Bertz CT molecular complexity index is 571. The Labute approximate surface area is 123 Å². The average molecular weight is 289 g/mol. The maximum absolute atomic E-state index is 5.88. The van der Waals surface area contributed by atoms with E-state index in [-0.39, 0.29) is 6.10 Å². The SMILES string of the molecule is CCc1cc(N2CCOC(c3ccsc3)C2)nc(C)n1. The van der Waals surface area contributed by atoms with Crippen LogP contribution in [0.5, 0.6) is 0 Å². The number of hydrogen-bond donors (Lipinski definition) is 0. The van der Waals surface area contributed by atoms with E-state index in [0.717, 1.165) is 43.5 Å². The third-order valence-corrected chi connectivity index (χ3v) is 4.25. The van der Waals surface area contributed by atoms with Crippen molar-refractivity contribution < 1.29 is 4.74 Å². The molecule has 5 heteroatoms. The fourth-order valence-corrected chi connectivity index (χ4v) is 3.17. The summed E-state index contributed by atoms with van der Waals surface area (Å²) in [6.45, 7) is 6.57. The van der Waals surface area contributed by atoms with Crippen LogP contribution in [0.2, 0.25) is 0 Å². The molecule has 0 aromatic carbocycles. The molecule has 1 fully saturated rings. The minimum Gasteiger partial charge on any atom is -0.370 e. The van der Waals surface area contributed by atoms with Gasteiger partial charge in [-0.2, -0.15) is 11.3 Å². The number of aromatic nitrogens is 2. The Hall–Kier alpha value is -1.46. The molecule has 4 nitrogen and oxygen atoms in total. The van der Waals surface area contributed by atoms with Gasteiger partial charge in [0.2, 0.25) is 0 Å². The predicted molar refractivity (Wildman–Crippen MR) is 81.4 cm³/mol. The Balaban J connectivity index is 1.81. The first-order chi connectivity index (χ1) is 9.76. The van der Waals surface area contributed by atoms with Gasteiger partial charge < -0.3 is 9.64 Å². The molecule has 1 atom stereocenters. The molecule has 106 valence electrons. The quantitative estimate of drug-likeness (QED) is 0.870. The largest absolute Gasteiger partial charge is 0.370 e. The van der Waals surface area contributed by atoms with Crippen LogP contribution >= 0.6 is 11.3 Å². The van der Waals surface area contributed by atoms with Gasteiger partial charge in [0, 0.05) is 24.8 Å². The standard InChI is InChI=1S/C15H19N3OS/c1-3-13-8-15(17-11(2)16-13)18-5-6-19-14(9-18)12-4-7-20-10-12/h4,7-8,10,14H,3,5-6,9H2,1-2H3. The zero-order valence-electron chi connectivity index (χ0n) is 11.9. The van der Waals surface area contributed by atoms with E-state index in [9.17, 15) is 0 Å². The van der Waals surface area contributed by atoms with Crippen molar-refractivity contribution in [1.82, 2.24) is 9.97 Å². The highest BCUT2D eigenvalue weighted by Gasteiger charge is 2.23. The fraction of sp³-hybridized carbons (Fsp3) is 0.467. The fourth-order valence-electron chi connectivity index (χ4n) is 2.47. The molecule has 20 heavy (non-hydrogen) atoms. The minimum atomic E-state index is 0.148. The Kier molecular flexibility index (Phi) is 3.98. The number of nitrogens with zero attached hydrogens (tertiary/aromatic N) is 3. The van der Waals surface area contributed by atoms with E-state index in [1.54, 1.807) is 11.3 Å². The monoisotopic (exact) mass is 289 g/mol. The molecule has 2 aromatic rings. The molecule has 1 aliphatic rings. The van der Waals surface area contributed by atoms with Crippen molar-refractivity contribution in [2.45, 2.75) is 26.4 Å². The normalized spacial score (nSPS) is 19.3. The second-order valence-corrected chi connectivity index (χ2v) is 5.76. The van der Waals surface area contributed by atoms with Gasteiger partial charge in [0.15, 0.2) is 0 Å². The van der Waals surface area contributed by atoms with Crippen molar-refractivity contribution in [3.8, 4) is 0 Å². The molecule has 0 N–H and O–H groups in total. The number of morpholine rings is 1. The first-order valence-corrected chi connectivity index (χ1v) is 7.93. The number of thiophene rings is 1. The van der Waals surface area contributed by atoms with Gasteiger partial charge in [-0.1, -0.05) is 6.92 Å². The lowest BCUT2D eigenvalue weighted by atomic mass is 10.1. The molecular formula is C15H19N3OS. The summed E-state index contributed by atoms with van der Waals surface area (Å²) in [7, 11) is 0. The van der Waals surface area contributed by atoms with E-state index in [2.05, 4.69) is 44.7 Å². The maximum atomic E-state index is 5.88. The second-order valence-electron chi connectivity index (χ2n) is 4.98. The van der Waals surface area contributed by atoms with Crippen LogP contribution in [0, 0.1) is 6.92 Å². The van der Waals surface area contributed by atoms with Crippen LogP contribution in [-0.4, -0.2) is 29.7 Å². The summed E-state index contributed by atoms with van der Waals surface area (Å²) in [6.07, 6.45) is 1.09. The molecule has 0 amide bonds. The smallest absolute Gasteiger partial charge is 0.132 e. The number of hydrogen-bond acceptors (Lipinski definition) is 5. The summed E-state index contributed by atoms with van der Waals surface area (Å²) in [6, 6.07) is 4.24. The highest BCUT2D eigenvalue weighted by Crippen LogP contribution is 2.26. The second kappa shape index (κ2) is 5.89. The van der Waals surface area contributed by atoms with E-state index in [0.29, 0.717) is 0 Å². The topological polar surface area (TPSA) is 38.2 Å². The lowest BCUT2D eigenvalue weighted by molar-refractivity contribution is 0.0398. The van der Waals surface area contributed by atoms with Crippen LogP contribution < -0.4 is 4.90 Å². The molecule has 0 spiro atoms. The van der Waals surface area contributed by atoms with Crippen molar-refractivity contribution >= 4 is 17.2 Å². The van der Waals surface area contributed by atoms with Gasteiger partial charge in [0.25, 0.3) is 0 Å². The number of anilines is 1. The molecule has 2 aromatic heterocycles. The summed E-state index contributed by atoms with van der Waals surface area (Å²) in [4.78, 5) is 11.3. The van der Waals surface area contributed by atoms with Crippen LogP contribution in [0.4, 0.5) is 5.82 Å². The van der Waals surface area contributed by atoms with E-state index < -0.39 is 0 Å². The van der Waals surface area contributed by atoms with Gasteiger partial charge in [0.05, 0.1) is 6.61 Å². The van der Waals surface area contributed by atoms with Crippen molar-refractivity contribution in [2.24, 2.45) is 0 Å². The first kappa shape index (κ1) is 13.5. The molecule has 0 saturated carbocycles. The molecule has 0 radical (unpaired) electrons. The Morgan fingerprint density at radius 2 is 2.35 bits per heavy atom. The van der Waals surface area contributed by atoms with Gasteiger partial charge in [-0.3, -0.25) is 0 Å². The lowest BCUT2D eigenvalue weighted by Gasteiger charge is -2.33. The third kappa shape index (κ3) is 2.83. The molecule has 0 bridgehead atoms. The van der Waals surface area contributed by atoms with Crippen LogP contribution in [0.1, 0.15) is 30.1 Å². The minimum absolute atomic E-state index is 0.148. The van der Waals surface area contributed by atoms with E-state index in [1.807, 2.05) is 6.92 Å².